The molecule has 2 aromatic carbocycles. The number of thiophene rings is 1. The van der Waals surface area contributed by atoms with Crippen LogP contribution in [-0.4, -0.2) is 15.5 Å². The van der Waals surface area contributed by atoms with E-state index < -0.39 is 10.0 Å². The fraction of sp³-hybridized carbons (Fsp3) is 0.200. The van der Waals surface area contributed by atoms with Crippen molar-refractivity contribution in [3.63, 3.8) is 0 Å². The molecule has 0 saturated carbocycles. The quantitative estimate of drug-likeness (QED) is 0.651. The van der Waals surface area contributed by atoms with Crippen LogP contribution in [0.3, 0.4) is 0 Å². The van der Waals surface area contributed by atoms with E-state index in [0.717, 1.165) is 28.7 Å². The van der Waals surface area contributed by atoms with Crippen molar-refractivity contribution >= 4 is 21.4 Å². The maximum absolute atomic E-state index is 12.9. The van der Waals surface area contributed by atoms with Crippen LogP contribution < -0.4 is 9.46 Å². The Bertz CT molecular complexity index is 980. The highest BCUT2D eigenvalue weighted by Gasteiger charge is 2.20. The number of ether oxygens (including phenoxy) is 1. The highest BCUT2D eigenvalue weighted by Crippen LogP contribution is 2.28. The summed E-state index contributed by atoms with van der Waals surface area (Å²) in [6, 6.07) is 15.1. The van der Waals surface area contributed by atoms with Crippen molar-refractivity contribution < 1.29 is 13.2 Å². The van der Waals surface area contributed by atoms with Gasteiger partial charge in [0.15, 0.2) is 0 Å². The van der Waals surface area contributed by atoms with Gasteiger partial charge in [0.05, 0.1) is 7.11 Å². The molecule has 4 nitrogen and oxygen atoms in total. The molecule has 6 heteroatoms. The Morgan fingerprint density at radius 2 is 1.92 bits per heavy atom. The topological polar surface area (TPSA) is 55.4 Å². The molecule has 3 aromatic rings. The van der Waals surface area contributed by atoms with E-state index in [1.165, 1.54) is 7.11 Å². The van der Waals surface area contributed by atoms with Crippen molar-refractivity contribution in [3.05, 3.63) is 70.4 Å². The Labute approximate surface area is 158 Å². The van der Waals surface area contributed by atoms with Gasteiger partial charge in [-0.15, -0.1) is 0 Å². The summed E-state index contributed by atoms with van der Waals surface area (Å²) in [5, 5.41) is 4.07. The van der Waals surface area contributed by atoms with Crippen molar-refractivity contribution in [2.24, 2.45) is 0 Å². The number of methoxy groups -OCH3 is 1. The number of benzene rings is 2. The van der Waals surface area contributed by atoms with Crippen LogP contribution in [0.15, 0.2) is 64.2 Å². The van der Waals surface area contributed by atoms with E-state index in [0.29, 0.717) is 5.75 Å². The van der Waals surface area contributed by atoms with Crippen molar-refractivity contribution in [1.29, 1.82) is 0 Å². The second kappa shape index (κ2) is 8.03. The third-order valence-electron chi connectivity index (χ3n) is 4.23. The molecule has 0 unspecified atom stereocenters. The summed E-state index contributed by atoms with van der Waals surface area (Å²) in [6.07, 6.45) is 0.757. The van der Waals surface area contributed by atoms with Crippen LogP contribution in [0.25, 0.3) is 11.1 Å². The zero-order chi connectivity index (χ0) is 18.6. The van der Waals surface area contributed by atoms with Crippen LogP contribution in [0, 0.1) is 0 Å². The van der Waals surface area contributed by atoms with E-state index in [-0.39, 0.29) is 11.4 Å². The molecule has 3 rings (SSSR count). The fourth-order valence-corrected chi connectivity index (χ4v) is 4.66. The molecule has 136 valence electrons. The first kappa shape index (κ1) is 18.6. The highest BCUT2D eigenvalue weighted by molar-refractivity contribution is 7.89. The van der Waals surface area contributed by atoms with Gasteiger partial charge in [0.2, 0.25) is 10.0 Å². The van der Waals surface area contributed by atoms with E-state index in [4.69, 9.17) is 4.74 Å². The van der Waals surface area contributed by atoms with Crippen LogP contribution in [-0.2, 0) is 23.0 Å². The van der Waals surface area contributed by atoms with Crippen molar-refractivity contribution in [3.8, 4) is 16.9 Å². The zero-order valence-electron chi connectivity index (χ0n) is 14.7. The molecule has 0 amide bonds. The SMILES string of the molecule is CCc1ccc(OC)c(S(=O)(=O)NCc2ccccc2-c2ccsc2)c1. The Balaban J connectivity index is 1.89. The molecular formula is C20H21NO3S2. The Kier molecular flexibility index (Phi) is 5.76. The lowest BCUT2D eigenvalue weighted by Gasteiger charge is -2.13. The summed E-state index contributed by atoms with van der Waals surface area (Å²) in [5.74, 6) is 0.348. The van der Waals surface area contributed by atoms with Crippen LogP contribution >= 0.6 is 11.3 Å². The molecule has 0 aliphatic rings. The average molecular weight is 388 g/mol. The molecule has 1 heterocycles. The number of hydrogen-bond acceptors (Lipinski definition) is 4. The molecule has 1 N–H and O–H groups in total. The van der Waals surface area contributed by atoms with Gasteiger partial charge >= 0.3 is 0 Å². The highest BCUT2D eigenvalue weighted by atomic mass is 32.2. The Morgan fingerprint density at radius 1 is 1.12 bits per heavy atom. The number of rotatable bonds is 7. The van der Waals surface area contributed by atoms with Gasteiger partial charge in [-0.2, -0.15) is 11.3 Å². The number of nitrogens with one attached hydrogen (secondary N) is 1. The minimum atomic E-state index is -3.69. The van der Waals surface area contributed by atoms with Gasteiger partial charge in [0.1, 0.15) is 10.6 Å². The molecule has 0 bridgehead atoms. The molecule has 0 spiro atoms. The van der Waals surface area contributed by atoms with E-state index in [9.17, 15) is 8.42 Å². The number of sulfonamides is 1. The second-order valence-corrected chi connectivity index (χ2v) is 8.35. The third kappa shape index (κ3) is 3.98. The van der Waals surface area contributed by atoms with Crippen molar-refractivity contribution in [1.82, 2.24) is 4.72 Å². The number of aryl methyl sites for hydroxylation is 1. The van der Waals surface area contributed by atoms with Crippen LogP contribution in [0.5, 0.6) is 5.75 Å². The molecular weight excluding hydrogens is 366 g/mol. The standard InChI is InChI=1S/C20H21NO3S2/c1-3-15-8-9-19(24-2)20(12-15)26(22,23)21-13-16-6-4-5-7-18(16)17-10-11-25-14-17/h4-12,14,21H,3,13H2,1-2H3. The van der Waals surface area contributed by atoms with Gasteiger partial charge in [-0.05, 0) is 57.6 Å². The smallest absolute Gasteiger partial charge is 0.244 e. The second-order valence-electron chi connectivity index (χ2n) is 5.83. The maximum atomic E-state index is 12.9. The van der Waals surface area contributed by atoms with Crippen LogP contribution in [0.4, 0.5) is 0 Å². The van der Waals surface area contributed by atoms with Gasteiger partial charge in [-0.3, -0.25) is 0 Å². The molecule has 0 radical (unpaired) electrons. The molecule has 0 fully saturated rings. The molecule has 0 saturated heterocycles. The van der Waals surface area contributed by atoms with E-state index in [1.807, 2.05) is 48.7 Å². The van der Waals surface area contributed by atoms with Crippen molar-refractivity contribution in [2.45, 2.75) is 24.8 Å². The summed E-state index contributed by atoms with van der Waals surface area (Å²) < 4.78 is 33.7. The molecule has 0 aliphatic heterocycles. The maximum Gasteiger partial charge on any atom is 0.244 e. The average Bonchev–Trinajstić information content (AvgIpc) is 3.20. The molecule has 0 atom stereocenters. The van der Waals surface area contributed by atoms with Gasteiger partial charge in [-0.25, -0.2) is 13.1 Å². The summed E-state index contributed by atoms with van der Waals surface area (Å²) >= 11 is 1.62. The number of hydrogen-bond donors (Lipinski definition) is 1. The zero-order valence-corrected chi connectivity index (χ0v) is 16.4. The predicted octanol–water partition coefficient (Wildman–Crippen LogP) is 4.46. The summed E-state index contributed by atoms with van der Waals surface area (Å²) in [4.78, 5) is 0.173. The first-order valence-corrected chi connectivity index (χ1v) is 10.7. The third-order valence-corrected chi connectivity index (χ3v) is 6.33. The van der Waals surface area contributed by atoms with Gasteiger partial charge < -0.3 is 4.74 Å². The summed E-state index contributed by atoms with van der Waals surface area (Å²) in [5.41, 5.74) is 4.01. The lowest BCUT2D eigenvalue weighted by molar-refractivity contribution is 0.402. The predicted molar refractivity (Wildman–Crippen MR) is 106 cm³/mol. The molecule has 26 heavy (non-hydrogen) atoms. The van der Waals surface area contributed by atoms with E-state index >= 15 is 0 Å². The largest absolute Gasteiger partial charge is 0.495 e. The summed E-state index contributed by atoms with van der Waals surface area (Å²) in [6.45, 7) is 2.20. The minimum absolute atomic E-state index is 0.173. The van der Waals surface area contributed by atoms with E-state index in [2.05, 4.69) is 10.1 Å². The molecule has 1 aromatic heterocycles. The van der Waals surface area contributed by atoms with Gasteiger partial charge in [0, 0.05) is 6.54 Å². The summed E-state index contributed by atoms with van der Waals surface area (Å²) in [7, 11) is -2.21. The Morgan fingerprint density at radius 3 is 2.62 bits per heavy atom. The lowest BCUT2D eigenvalue weighted by atomic mass is 10.0. The van der Waals surface area contributed by atoms with Crippen molar-refractivity contribution in [2.75, 3.05) is 7.11 Å². The lowest BCUT2D eigenvalue weighted by Crippen LogP contribution is -2.24. The first-order chi connectivity index (χ1) is 12.5. The van der Waals surface area contributed by atoms with Crippen LogP contribution in [0.2, 0.25) is 0 Å². The monoisotopic (exact) mass is 387 g/mol. The molecule has 0 aliphatic carbocycles. The Hall–Kier alpha value is -2.15. The minimum Gasteiger partial charge on any atom is -0.495 e. The van der Waals surface area contributed by atoms with Gasteiger partial charge in [-0.1, -0.05) is 37.3 Å². The first-order valence-electron chi connectivity index (χ1n) is 8.32. The normalized spacial score (nSPS) is 11.5. The van der Waals surface area contributed by atoms with E-state index in [1.54, 1.807) is 23.5 Å². The van der Waals surface area contributed by atoms with Gasteiger partial charge in [0.25, 0.3) is 0 Å². The van der Waals surface area contributed by atoms with Crippen LogP contribution in [0.1, 0.15) is 18.1 Å². The fourth-order valence-electron chi connectivity index (χ4n) is 2.78.